The van der Waals surface area contributed by atoms with Gasteiger partial charge in [0.05, 0.1) is 6.54 Å². The van der Waals surface area contributed by atoms with Gasteiger partial charge in [-0.2, -0.15) is 13.2 Å². The molecule has 8 heteroatoms. The van der Waals surface area contributed by atoms with Crippen molar-refractivity contribution in [1.82, 2.24) is 15.5 Å². The first kappa shape index (κ1) is 18.9. The van der Waals surface area contributed by atoms with Gasteiger partial charge in [0, 0.05) is 31.7 Å². The van der Waals surface area contributed by atoms with Crippen molar-refractivity contribution in [3.05, 3.63) is 34.9 Å². The van der Waals surface area contributed by atoms with Crippen LogP contribution in [0.5, 0.6) is 0 Å². The zero-order valence-electron chi connectivity index (χ0n) is 13.5. The Balaban J connectivity index is 1.72. The van der Waals surface area contributed by atoms with E-state index < -0.39 is 12.7 Å². The molecule has 1 atom stereocenters. The number of benzene rings is 1. The summed E-state index contributed by atoms with van der Waals surface area (Å²) in [4.78, 5) is 5.59. The molecule has 1 saturated heterocycles. The molecule has 2 N–H and O–H groups in total. The summed E-state index contributed by atoms with van der Waals surface area (Å²) in [5.41, 5.74) is 1.03. The smallest absolute Gasteiger partial charge is 0.356 e. The molecule has 1 aliphatic rings. The van der Waals surface area contributed by atoms with Crippen LogP contribution in [0.15, 0.2) is 29.3 Å². The van der Waals surface area contributed by atoms with E-state index in [-0.39, 0.29) is 5.92 Å². The molecule has 0 amide bonds. The summed E-state index contributed by atoms with van der Waals surface area (Å²) in [5, 5.41) is 7.02. The summed E-state index contributed by atoms with van der Waals surface area (Å²) in [7, 11) is 1.66. The van der Waals surface area contributed by atoms with E-state index in [0.29, 0.717) is 37.2 Å². The zero-order valence-corrected chi connectivity index (χ0v) is 14.3. The second kappa shape index (κ2) is 8.58. The van der Waals surface area contributed by atoms with Gasteiger partial charge in [-0.05, 0) is 36.6 Å². The molecule has 0 aliphatic carbocycles. The largest absolute Gasteiger partial charge is 0.401 e. The molecule has 4 nitrogen and oxygen atoms in total. The third kappa shape index (κ3) is 6.57. The van der Waals surface area contributed by atoms with E-state index in [1.54, 1.807) is 7.05 Å². The van der Waals surface area contributed by atoms with Gasteiger partial charge in [0.15, 0.2) is 5.96 Å². The summed E-state index contributed by atoms with van der Waals surface area (Å²) >= 11 is 5.94. The number of aliphatic imine (C=N–C) groups is 1. The molecule has 1 fully saturated rings. The highest BCUT2D eigenvalue weighted by Crippen LogP contribution is 2.22. The fourth-order valence-corrected chi connectivity index (χ4v) is 2.98. The molecule has 2 rings (SSSR count). The highest BCUT2D eigenvalue weighted by Gasteiger charge is 2.34. The van der Waals surface area contributed by atoms with Gasteiger partial charge in [0.25, 0.3) is 0 Å². The highest BCUT2D eigenvalue weighted by atomic mass is 35.5. The molecule has 0 radical (unpaired) electrons. The first-order valence-electron chi connectivity index (χ1n) is 7.84. The van der Waals surface area contributed by atoms with E-state index in [2.05, 4.69) is 15.6 Å². The summed E-state index contributed by atoms with van der Waals surface area (Å²) in [6, 6.07) is 7.51. The Bertz CT molecular complexity index is 562. The Morgan fingerprint density at radius 2 is 2.17 bits per heavy atom. The minimum atomic E-state index is -4.13. The van der Waals surface area contributed by atoms with Crippen LogP contribution in [-0.4, -0.2) is 50.3 Å². The monoisotopic (exact) mass is 362 g/mol. The predicted octanol–water partition coefficient (Wildman–Crippen LogP) is 2.89. The molecule has 24 heavy (non-hydrogen) atoms. The van der Waals surface area contributed by atoms with Crippen LogP contribution in [0.25, 0.3) is 0 Å². The number of rotatable bonds is 5. The van der Waals surface area contributed by atoms with Crippen molar-refractivity contribution in [3.8, 4) is 0 Å². The van der Waals surface area contributed by atoms with Crippen LogP contribution < -0.4 is 10.6 Å². The van der Waals surface area contributed by atoms with E-state index in [4.69, 9.17) is 11.6 Å². The number of hydrogen-bond donors (Lipinski definition) is 2. The predicted molar refractivity (Wildman–Crippen MR) is 90.3 cm³/mol. The standard InChI is InChI=1S/C16H22ClF3N4/c1-21-15(22-8-12-3-2-4-14(17)7-12)23-9-13-5-6-24(10-13)11-16(18,19)20/h2-4,7,13H,5-6,8-11H2,1H3,(H2,21,22,23). The summed E-state index contributed by atoms with van der Waals surface area (Å²) in [5.74, 6) is 0.821. The molecule has 1 heterocycles. The fraction of sp³-hybridized carbons (Fsp3) is 0.562. The molecule has 0 bridgehead atoms. The van der Waals surface area contributed by atoms with Crippen LogP contribution in [0.2, 0.25) is 5.02 Å². The van der Waals surface area contributed by atoms with Crippen LogP contribution in [0.4, 0.5) is 13.2 Å². The van der Waals surface area contributed by atoms with Gasteiger partial charge in [-0.1, -0.05) is 23.7 Å². The van der Waals surface area contributed by atoms with Gasteiger partial charge in [0.2, 0.25) is 0 Å². The van der Waals surface area contributed by atoms with Gasteiger partial charge in [-0.15, -0.1) is 0 Å². The van der Waals surface area contributed by atoms with Crippen LogP contribution in [0.3, 0.4) is 0 Å². The van der Waals surface area contributed by atoms with Gasteiger partial charge in [0.1, 0.15) is 0 Å². The highest BCUT2D eigenvalue weighted by molar-refractivity contribution is 6.30. The molecular weight excluding hydrogens is 341 g/mol. The quantitative estimate of drug-likeness (QED) is 0.625. The van der Waals surface area contributed by atoms with E-state index in [1.165, 1.54) is 4.90 Å². The third-order valence-electron chi connectivity index (χ3n) is 3.90. The molecule has 0 saturated carbocycles. The van der Waals surface area contributed by atoms with E-state index in [9.17, 15) is 13.2 Å². The molecule has 1 unspecified atom stereocenters. The van der Waals surface area contributed by atoms with Crippen molar-refractivity contribution in [2.75, 3.05) is 33.2 Å². The first-order chi connectivity index (χ1) is 11.4. The lowest BCUT2D eigenvalue weighted by molar-refractivity contribution is -0.143. The second-order valence-corrected chi connectivity index (χ2v) is 6.38. The molecule has 134 valence electrons. The number of nitrogens with zero attached hydrogens (tertiary/aromatic N) is 2. The lowest BCUT2D eigenvalue weighted by Crippen LogP contribution is -2.40. The van der Waals surface area contributed by atoms with Crippen molar-refractivity contribution < 1.29 is 13.2 Å². The molecule has 0 aromatic heterocycles. The average Bonchev–Trinajstić information content (AvgIpc) is 2.93. The third-order valence-corrected chi connectivity index (χ3v) is 4.14. The number of nitrogens with one attached hydrogen (secondary N) is 2. The minimum absolute atomic E-state index is 0.192. The Hall–Kier alpha value is -1.47. The number of alkyl halides is 3. The lowest BCUT2D eigenvalue weighted by Gasteiger charge is -2.18. The number of halogens is 4. The van der Waals surface area contributed by atoms with Crippen molar-refractivity contribution >= 4 is 17.6 Å². The molecule has 1 aromatic carbocycles. The maximum Gasteiger partial charge on any atom is 0.401 e. The van der Waals surface area contributed by atoms with Gasteiger partial charge in [-0.3, -0.25) is 9.89 Å². The van der Waals surface area contributed by atoms with Crippen LogP contribution in [0, 0.1) is 5.92 Å². The number of hydrogen-bond acceptors (Lipinski definition) is 2. The topological polar surface area (TPSA) is 39.7 Å². The Morgan fingerprint density at radius 1 is 1.38 bits per heavy atom. The molecular formula is C16H22ClF3N4. The van der Waals surface area contributed by atoms with Crippen molar-refractivity contribution in [3.63, 3.8) is 0 Å². The fourth-order valence-electron chi connectivity index (χ4n) is 2.77. The van der Waals surface area contributed by atoms with Crippen LogP contribution in [0.1, 0.15) is 12.0 Å². The number of likely N-dealkylation sites (tertiary alicyclic amines) is 1. The number of guanidine groups is 1. The lowest BCUT2D eigenvalue weighted by atomic mass is 10.1. The van der Waals surface area contributed by atoms with Crippen molar-refractivity contribution in [1.29, 1.82) is 0 Å². The minimum Gasteiger partial charge on any atom is -0.356 e. The van der Waals surface area contributed by atoms with E-state index >= 15 is 0 Å². The van der Waals surface area contributed by atoms with Crippen LogP contribution >= 0.6 is 11.6 Å². The van der Waals surface area contributed by atoms with Gasteiger partial charge >= 0.3 is 6.18 Å². The average molecular weight is 363 g/mol. The Morgan fingerprint density at radius 3 is 2.83 bits per heavy atom. The van der Waals surface area contributed by atoms with Gasteiger partial charge < -0.3 is 10.6 Å². The maximum atomic E-state index is 12.4. The molecule has 1 aliphatic heterocycles. The zero-order chi connectivity index (χ0) is 17.6. The summed E-state index contributed by atoms with van der Waals surface area (Å²) in [6.45, 7) is 1.29. The van der Waals surface area contributed by atoms with E-state index in [0.717, 1.165) is 12.0 Å². The Kier molecular flexibility index (Phi) is 6.74. The van der Waals surface area contributed by atoms with Crippen LogP contribution in [-0.2, 0) is 6.54 Å². The summed E-state index contributed by atoms with van der Waals surface area (Å²) < 4.78 is 37.2. The van der Waals surface area contributed by atoms with E-state index in [1.807, 2.05) is 24.3 Å². The normalized spacial score (nSPS) is 19.5. The first-order valence-corrected chi connectivity index (χ1v) is 8.21. The van der Waals surface area contributed by atoms with Crippen molar-refractivity contribution in [2.45, 2.75) is 19.1 Å². The Labute approximate surface area is 145 Å². The molecule has 0 spiro atoms. The SMILES string of the molecule is CN=C(NCc1cccc(Cl)c1)NCC1CCN(CC(F)(F)F)C1. The second-order valence-electron chi connectivity index (χ2n) is 5.94. The molecule has 1 aromatic rings. The van der Waals surface area contributed by atoms with Crippen molar-refractivity contribution in [2.24, 2.45) is 10.9 Å². The maximum absolute atomic E-state index is 12.4. The summed E-state index contributed by atoms with van der Waals surface area (Å²) in [6.07, 6.45) is -3.37. The van der Waals surface area contributed by atoms with Gasteiger partial charge in [-0.25, -0.2) is 0 Å².